The largest absolute Gasteiger partial charge is 0.395 e. The number of hydrogen-bond acceptors (Lipinski definition) is 2. The van der Waals surface area contributed by atoms with Gasteiger partial charge in [0.1, 0.15) is 5.78 Å². The fourth-order valence-electron chi connectivity index (χ4n) is 2.11. The molecule has 3 saturated carbocycles. The smallest absolute Gasteiger partial charge is 0.141 e. The monoisotopic (exact) mass is 126 g/mol. The number of carbonyl (C=O) groups is 1. The lowest BCUT2D eigenvalue weighted by Crippen LogP contribution is -2.35. The van der Waals surface area contributed by atoms with Crippen LogP contribution < -0.4 is 0 Å². The minimum absolute atomic E-state index is 0.0856. The number of ketones is 1. The standard InChI is InChI=1S/C7H10O2/c8-4-7-2-5(3-7)1-6(7)9/h5,8H,1-4H2. The van der Waals surface area contributed by atoms with Crippen molar-refractivity contribution in [2.24, 2.45) is 11.3 Å². The highest BCUT2D eigenvalue weighted by atomic mass is 16.3. The zero-order valence-electron chi connectivity index (χ0n) is 5.26. The maximum Gasteiger partial charge on any atom is 0.141 e. The summed E-state index contributed by atoms with van der Waals surface area (Å²) >= 11 is 0. The van der Waals surface area contributed by atoms with Crippen LogP contribution in [0.3, 0.4) is 0 Å². The molecule has 3 aliphatic carbocycles. The number of hydrogen-bond donors (Lipinski definition) is 1. The van der Waals surface area contributed by atoms with Gasteiger partial charge in [-0.25, -0.2) is 0 Å². The second-order valence-corrected chi connectivity index (χ2v) is 3.34. The molecule has 0 spiro atoms. The number of fused-ring (bicyclic) bond motifs is 1. The van der Waals surface area contributed by atoms with Gasteiger partial charge in [0.15, 0.2) is 0 Å². The van der Waals surface area contributed by atoms with Crippen LogP contribution in [0, 0.1) is 11.3 Å². The maximum absolute atomic E-state index is 11.0. The second-order valence-electron chi connectivity index (χ2n) is 3.34. The highest BCUT2D eigenvalue weighted by Gasteiger charge is 2.56. The fourth-order valence-corrected chi connectivity index (χ4v) is 2.11. The molecule has 0 amide bonds. The van der Waals surface area contributed by atoms with E-state index in [1.165, 1.54) is 0 Å². The minimum Gasteiger partial charge on any atom is -0.395 e. The first-order valence-corrected chi connectivity index (χ1v) is 3.41. The Morgan fingerprint density at radius 1 is 1.67 bits per heavy atom. The Hall–Kier alpha value is -0.370. The molecule has 3 rings (SSSR count). The van der Waals surface area contributed by atoms with Gasteiger partial charge in [-0.05, 0) is 18.8 Å². The minimum atomic E-state index is -0.245. The Morgan fingerprint density at radius 2 is 2.33 bits per heavy atom. The molecule has 2 heteroatoms. The molecule has 9 heavy (non-hydrogen) atoms. The van der Waals surface area contributed by atoms with Crippen LogP contribution in [0.15, 0.2) is 0 Å². The summed E-state index contributed by atoms with van der Waals surface area (Å²) < 4.78 is 0. The normalized spacial score (nSPS) is 47.2. The molecule has 0 heterocycles. The highest BCUT2D eigenvalue weighted by molar-refractivity contribution is 5.90. The van der Waals surface area contributed by atoms with E-state index in [2.05, 4.69) is 0 Å². The Bertz CT molecular complexity index is 156. The molecule has 3 aliphatic rings. The van der Waals surface area contributed by atoms with Crippen molar-refractivity contribution in [3.05, 3.63) is 0 Å². The zero-order chi connectivity index (χ0) is 6.48. The number of aliphatic hydroxyl groups is 1. The predicted molar refractivity (Wildman–Crippen MR) is 31.9 cm³/mol. The van der Waals surface area contributed by atoms with Gasteiger partial charge in [-0.2, -0.15) is 0 Å². The molecule has 3 fully saturated rings. The van der Waals surface area contributed by atoms with E-state index < -0.39 is 0 Å². The molecule has 50 valence electrons. The third-order valence-electron chi connectivity index (χ3n) is 2.73. The van der Waals surface area contributed by atoms with Gasteiger partial charge in [-0.1, -0.05) is 0 Å². The van der Waals surface area contributed by atoms with E-state index in [-0.39, 0.29) is 12.0 Å². The third-order valence-corrected chi connectivity index (χ3v) is 2.73. The van der Waals surface area contributed by atoms with Crippen LogP contribution in [-0.2, 0) is 4.79 Å². The summed E-state index contributed by atoms with van der Waals surface area (Å²) in [5.74, 6) is 0.930. The summed E-state index contributed by atoms with van der Waals surface area (Å²) in [4.78, 5) is 11.0. The molecule has 0 atom stereocenters. The van der Waals surface area contributed by atoms with Crippen molar-refractivity contribution in [2.75, 3.05) is 6.61 Å². The van der Waals surface area contributed by atoms with Crippen LogP contribution in [0.2, 0.25) is 0 Å². The summed E-state index contributed by atoms with van der Waals surface area (Å²) in [6.07, 6.45) is 2.66. The number of carbonyl (C=O) groups excluding carboxylic acids is 1. The van der Waals surface area contributed by atoms with Crippen molar-refractivity contribution >= 4 is 5.78 Å². The van der Waals surface area contributed by atoms with E-state index in [0.717, 1.165) is 19.3 Å². The Balaban J connectivity index is 2.24. The van der Waals surface area contributed by atoms with Crippen molar-refractivity contribution in [2.45, 2.75) is 19.3 Å². The topological polar surface area (TPSA) is 37.3 Å². The lowest BCUT2D eigenvalue weighted by Gasteiger charge is -2.34. The van der Waals surface area contributed by atoms with Crippen LogP contribution in [0.4, 0.5) is 0 Å². The average molecular weight is 126 g/mol. The Kier molecular flexibility index (Phi) is 0.826. The van der Waals surface area contributed by atoms with Gasteiger partial charge in [0, 0.05) is 6.42 Å². The van der Waals surface area contributed by atoms with Crippen molar-refractivity contribution in [1.82, 2.24) is 0 Å². The van der Waals surface area contributed by atoms with Gasteiger partial charge in [-0.15, -0.1) is 0 Å². The predicted octanol–water partition coefficient (Wildman–Crippen LogP) is 0.348. The molecule has 0 aromatic rings. The lowest BCUT2D eigenvalue weighted by molar-refractivity contribution is -0.128. The molecule has 0 radical (unpaired) electrons. The number of Topliss-reactive ketones (excluding diaryl/α,β-unsaturated/α-hetero) is 1. The van der Waals surface area contributed by atoms with Crippen LogP contribution in [0.5, 0.6) is 0 Å². The first kappa shape index (κ1) is 5.42. The van der Waals surface area contributed by atoms with E-state index in [1.807, 2.05) is 0 Å². The van der Waals surface area contributed by atoms with Crippen molar-refractivity contribution < 1.29 is 9.90 Å². The fraction of sp³-hybridized carbons (Fsp3) is 0.857. The zero-order valence-corrected chi connectivity index (χ0v) is 5.26. The van der Waals surface area contributed by atoms with Crippen molar-refractivity contribution in [3.63, 3.8) is 0 Å². The van der Waals surface area contributed by atoms with Crippen molar-refractivity contribution in [1.29, 1.82) is 0 Å². The number of aliphatic hydroxyl groups excluding tert-OH is 1. The van der Waals surface area contributed by atoms with Gasteiger partial charge in [0.25, 0.3) is 0 Å². The van der Waals surface area contributed by atoms with Gasteiger partial charge in [-0.3, -0.25) is 4.79 Å². The summed E-state index contributed by atoms with van der Waals surface area (Å²) in [6.45, 7) is 0.0856. The van der Waals surface area contributed by atoms with Crippen LogP contribution in [-0.4, -0.2) is 17.5 Å². The number of rotatable bonds is 1. The van der Waals surface area contributed by atoms with E-state index in [1.54, 1.807) is 0 Å². The van der Waals surface area contributed by atoms with Gasteiger partial charge in [0.2, 0.25) is 0 Å². The molecular formula is C7H10O2. The van der Waals surface area contributed by atoms with Gasteiger partial charge >= 0.3 is 0 Å². The van der Waals surface area contributed by atoms with Crippen LogP contribution in [0.25, 0.3) is 0 Å². The Morgan fingerprint density at radius 3 is 2.56 bits per heavy atom. The molecule has 0 aromatic carbocycles. The quantitative estimate of drug-likeness (QED) is 0.550. The van der Waals surface area contributed by atoms with Crippen LogP contribution >= 0.6 is 0 Å². The SMILES string of the molecule is O=C1CC2CC1(CO)C2. The van der Waals surface area contributed by atoms with E-state index in [0.29, 0.717) is 11.7 Å². The maximum atomic E-state index is 11.0. The lowest BCUT2D eigenvalue weighted by atomic mass is 9.70. The first-order valence-electron chi connectivity index (χ1n) is 3.41. The molecule has 0 aromatic heterocycles. The molecule has 2 bridgehead atoms. The molecule has 1 N–H and O–H groups in total. The second kappa shape index (κ2) is 1.37. The van der Waals surface area contributed by atoms with E-state index in [9.17, 15) is 4.79 Å². The average Bonchev–Trinajstić information content (AvgIpc) is 2.17. The summed E-state index contributed by atoms with van der Waals surface area (Å²) in [7, 11) is 0. The van der Waals surface area contributed by atoms with Gasteiger partial charge in [0.05, 0.1) is 12.0 Å². The molecule has 0 unspecified atom stereocenters. The van der Waals surface area contributed by atoms with E-state index in [4.69, 9.17) is 5.11 Å². The third kappa shape index (κ3) is 0.472. The first-order chi connectivity index (χ1) is 4.27. The molecule has 0 saturated heterocycles. The molecule has 0 aliphatic heterocycles. The van der Waals surface area contributed by atoms with Crippen LogP contribution in [0.1, 0.15) is 19.3 Å². The van der Waals surface area contributed by atoms with Crippen molar-refractivity contribution in [3.8, 4) is 0 Å². The molecular weight excluding hydrogens is 116 g/mol. The molecule has 2 nitrogen and oxygen atoms in total. The van der Waals surface area contributed by atoms with E-state index >= 15 is 0 Å². The van der Waals surface area contributed by atoms with Gasteiger partial charge < -0.3 is 5.11 Å². The summed E-state index contributed by atoms with van der Waals surface area (Å²) in [5, 5.41) is 8.81. The highest BCUT2D eigenvalue weighted by Crippen LogP contribution is 2.55. The Labute approximate surface area is 53.9 Å². The summed E-state index contributed by atoms with van der Waals surface area (Å²) in [5.41, 5.74) is -0.245. The summed E-state index contributed by atoms with van der Waals surface area (Å²) in [6, 6.07) is 0.